The van der Waals surface area contributed by atoms with Crippen LogP contribution in [-0.2, 0) is 13.6 Å². The highest BCUT2D eigenvalue weighted by molar-refractivity contribution is 7.13. The Morgan fingerprint density at radius 1 is 1.62 bits per heavy atom. The smallest absolute Gasteiger partial charge is 0.107 e. The molecule has 2 aromatic rings. The van der Waals surface area contributed by atoms with Gasteiger partial charge in [-0.3, -0.25) is 4.68 Å². The molecule has 0 saturated carbocycles. The van der Waals surface area contributed by atoms with E-state index in [9.17, 15) is 0 Å². The van der Waals surface area contributed by atoms with Gasteiger partial charge in [0.25, 0.3) is 0 Å². The van der Waals surface area contributed by atoms with Crippen LogP contribution in [0.5, 0.6) is 0 Å². The van der Waals surface area contributed by atoms with E-state index in [-0.39, 0.29) is 0 Å². The molecule has 68 valence electrons. The first kappa shape index (κ1) is 8.47. The molecule has 2 aromatic heterocycles. The van der Waals surface area contributed by atoms with Gasteiger partial charge in [-0.15, -0.1) is 11.3 Å². The molecule has 0 unspecified atom stereocenters. The fraction of sp³-hybridized carbons (Fsp3) is 0.222. The Labute approximate surface area is 80.8 Å². The second-order valence-corrected chi connectivity index (χ2v) is 3.81. The minimum Gasteiger partial charge on any atom is -0.326 e. The quantitative estimate of drug-likeness (QED) is 0.787. The van der Waals surface area contributed by atoms with Crippen molar-refractivity contribution in [2.24, 2.45) is 12.8 Å². The van der Waals surface area contributed by atoms with Crippen molar-refractivity contribution in [2.45, 2.75) is 6.54 Å². The maximum Gasteiger partial charge on any atom is 0.107 e. The lowest BCUT2D eigenvalue weighted by molar-refractivity contribution is 0.770. The maximum absolute atomic E-state index is 5.62. The minimum atomic E-state index is 0.543. The van der Waals surface area contributed by atoms with E-state index in [1.54, 1.807) is 16.0 Å². The molecule has 3 nitrogen and oxygen atoms in total. The molecule has 0 amide bonds. The SMILES string of the molecule is Cn1cc(CN)c(-c2cccs2)n1. The molecule has 0 aliphatic heterocycles. The van der Waals surface area contributed by atoms with Gasteiger partial charge in [0.05, 0.1) is 4.88 Å². The van der Waals surface area contributed by atoms with Crippen molar-refractivity contribution >= 4 is 11.3 Å². The summed E-state index contributed by atoms with van der Waals surface area (Å²) in [6, 6.07) is 4.08. The molecular formula is C9H11N3S. The average molecular weight is 193 g/mol. The summed E-state index contributed by atoms with van der Waals surface area (Å²) in [5, 5.41) is 6.42. The number of hydrogen-bond acceptors (Lipinski definition) is 3. The van der Waals surface area contributed by atoms with Crippen LogP contribution in [0.15, 0.2) is 23.7 Å². The second-order valence-electron chi connectivity index (χ2n) is 2.86. The summed E-state index contributed by atoms with van der Waals surface area (Å²) < 4.78 is 1.80. The summed E-state index contributed by atoms with van der Waals surface area (Å²) in [4.78, 5) is 1.18. The molecule has 2 heterocycles. The molecule has 13 heavy (non-hydrogen) atoms. The van der Waals surface area contributed by atoms with Crippen LogP contribution >= 0.6 is 11.3 Å². The third kappa shape index (κ3) is 1.50. The van der Waals surface area contributed by atoms with Crippen molar-refractivity contribution in [1.29, 1.82) is 0 Å². The molecule has 0 aromatic carbocycles. The van der Waals surface area contributed by atoms with Gasteiger partial charge in [0.15, 0.2) is 0 Å². The highest BCUT2D eigenvalue weighted by Crippen LogP contribution is 2.25. The number of aromatic nitrogens is 2. The fourth-order valence-corrected chi connectivity index (χ4v) is 2.05. The Morgan fingerprint density at radius 3 is 3.08 bits per heavy atom. The largest absolute Gasteiger partial charge is 0.326 e. The van der Waals surface area contributed by atoms with Gasteiger partial charge in [0.2, 0.25) is 0 Å². The number of nitrogens with two attached hydrogens (primary N) is 1. The average Bonchev–Trinajstić information content (AvgIpc) is 2.71. The summed E-state index contributed by atoms with van der Waals surface area (Å²) in [6.45, 7) is 0.543. The Hall–Kier alpha value is -1.13. The van der Waals surface area contributed by atoms with Crippen molar-refractivity contribution in [2.75, 3.05) is 0 Å². The lowest BCUT2D eigenvalue weighted by Crippen LogP contribution is -1.95. The molecule has 2 rings (SSSR count). The van der Waals surface area contributed by atoms with E-state index in [1.807, 2.05) is 24.7 Å². The highest BCUT2D eigenvalue weighted by atomic mass is 32.1. The van der Waals surface area contributed by atoms with E-state index >= 15 is 0 Å². The predicted molar refractivity (Wildman–Crippen MR) is 54.4 cm³/mol. The third-order valence-corrected chi connectivity index (χ3v) is 2.76. The molecule has 0 aliphatic rings. The Morgan fingerprint density at radius 2 is 2.46 bits per heavy atom. The van der Waals surface area contributed by atoms with Crippen molar-refractivity contribution in [1.82, 2.24) is 9.78 Å². The number of nitrogens with zero attached hydrogens (tertiary/aromatic N) is 2. The van der Waals surface area contributed by atoms with Crippen LogP contribution in [-0.4, -0.2) is 9.78 Å². The van der Waals surface area contributed by atoms with Gasteiger partial charge in [-0.1, -0.05) is 6.07 Å². The molecule has 0 spiro atoms. The molecule has 4 heteroatoms. The van der Waals surface area contributed by atoms with E-state index < -0.39 is 0 Å². The van der Waals surface area contributed by atoms with Crippen LogP contribution in [0, 0.1) is 0 Å². The van der Waals surface area contributed by atoms with Crippen LogP contribution < -0.4 is 5.73 Å². The first-order chi connectivity index (χ1) is 6.31. The number of rotatable bonds is 2. The summed E-state index contributed by atoms with van der Waals surface area (Å²) in [6.07, 6.45) is 1.97. The van der Waals surface area contributed by atoms with Gasteiger partial charge < -0.3 is 5.73 Å². The third-order valence-electron chi connectivity index (χ3n) is 1.88. The van der Waals surface area contributed by atoms with Crippen LogP contribution in [0.3, 0.4) is 0 Å². The van der Waals surface area contributed by atoms with Gasteiger partial charge in [-0.25, -0.2) is 0 Å². The Bertz CT molecular complexity index is 389. The van der Waals surface area contributed by atoms with E-state index in [1.165, 1.54) is 4.88 Å². The van der Waals surface area contributed by atoms with Crippen LogP contribution in [0.4, 0.5) is 0 Å². The van der Waals surface area contributed by atoms with E-state index in [4.69, 9.17) is 5.73 Å². The van der Waals surface area contributed by atoms with Crippen LogP contribution in [0.1, 0.15) is 5.56 Å². The second kappa shape index (κ2) is 3.32. The normalized spacial score (nSPS) is 10.6. The number of aryl methyl sites for hydroxylation is 1. The van der Waals surface area contributed by atoms with Crippen LogP contribution in [0.2, 0.25) is 0 Å². The van der Waals surface area contributed by atoms with Gasteiger partial charge in [-0.05, 0) is 11.4 Å². The molecule has 0 aliphatic carbocycles. The lowest BCUT2D eigenvalue weighted by Gasteiger charge is -1.93. The first-order valence-corrected chi connectivity index (χ1v) is 4.95. The number of thiophene rings is 1. The van der Waals surface area contributed by atoms with E-state index in [0.717, 1.165) is 11.3 Å². The maximum atomic E-state index is 5.62. The van der Waals surface area contributed by atoms with Gasteiger partial charge in [0, 0.05) is 25.4 Å². The van der Waals surface area contributed by atoms with Crippen molar-refractivity contribution in [3.05, 3.63) is 29.3 Å². The first-order valence-electron chi connectivity index (χ1n) is 4.07. The molecule has 0 atom stereocenters. The minimum absolute atomic E-state index is 0.543. The standard InChI is InChI=1S/C9H11N3S/c1-12-6-7(5-10)9(11-12)8-3-2-4-13-8/h2-4,6H,5,10H2,1H3. The van der Waals surface area contributed by atoms with Gasteiger partial charge >= 0.3 is 0 Å². The molecule has 0 radical (unpaired) electrons. The van der Waals surface area contributed by atoms with E-state index in [2.05, 4.69) is 11.2 Å². The van der Waals surface area contributed by atoms with Crippen molar-refractivity contribution in [3.8, 4) is 10.6 Å². The Kier molecular flexibility index (Phi) is 2.16. The van der Waals surface area contributed by atoms with Gasteiger partial charge in [0.1, 0.15) is 5.69 Å². The summed E-state index contributed by atoms with van der Waals surface area (Å²) in [7, 11) is 1.91. The zero-order chi connectivity index (χ0) is 9.26. The molecule has 0 fully saturated rings. The topological polar surface area (TPSA) is 43.8 Å². The zero-order valence-electron chi connectivity index (χ0n) is 7.40. The summed E-state index contributed by atoms with van der Waals surface area (Å²) >= 11 is 1.69. The van der Waals surface area contributed by atoms with Crippen molar-refractivity contribution in [3.63, 3.8) is 0 Å². The predicted octanol–water partition coefficient (Wildman–Crippen LogP) is 1.61. The van der Waals surface area contributed by atoms with Crippen molar-refractivity contribution < 1.29 is 0 Å². The van der Waals surface area contributed by atoms with Crippen LogP contribution in [0.25, 0.3) is 10.6 Å². The molecular weight excluding hydrogens is 182 g/mol. The zero-order valence-corrected chi connectivity index (χ0v) is 8.21. The lowest BCUT2D eigenvalue weighted by atomic mass is 10.2. The molecule has 0 saturated heterocycles. The number of hydrogen-bond donors (Lipinski definition) is 1. The fourth-order valence-electron chi connectivity index (χ4n) is 1.31. The van der Waals surface area contributed by atoms with E-state index in [0.29, 0.717) is 6.54 Å². The highest BCUT2D eigenvalue weighted by Gasteiger charge is 2.08. The molecule has 0 bridgehead atoms. The van der Waals surface area contributed by atoms with Gasteiger partial charge in [-0.2, -0.15) is 5.10 Å². The monoisotopic (exact) mass is 193 g/mol. The Balaban J connectivity index is 2.50. The summed E-state index contributed by atoms with van der Waals surface area (Å²) in [5.41, 5.74) is 7.74. The summed E-state index contributed by atoms with van der Waals surface area (Å²) in [5.74, 6) is 0. The molecule has 2 N–H and O–H groups in total.